The number of hydrogen-bond acceptors (Lipinski definition) is 3. The topological polar surface area (TPSA) is 61.9 Å². The van der Waals surface area contributed by atoms with Crippen LogP contribution in [0.2, 0.25) is 0 Å². The van der Waals surface area contributed by atoms with Crippen molar-refractivity contribution in [2.24, 2.45) is 0 Å². The van der Waals surface area contributed by atoms with Crippen LogP contribution in [0.25, 0.3) is 0 Å². The minimum Gasteiger partial charge on any atom is -0.497 e. The Morgan fingerprint density at radius 1 is 1.04 bits per heavy atom. The fraction of sp³-hybridized carbons (Fsp3) is 0.636. The van der Waals surface area contributed by atoms with Crippen molar-refractivity contribution in [1.82, 2.24) is 15.1 Å². The van der Waals surface area contributed by atoms with Gasteiger partial charge in [-0.15, -0.1) is 0 Å². The monoisotopic (exact) mass is 385 g/mol. The van der Waals surface area contributed by atoms with Crippen molar-refractivity contribution < 1.29 is 14.3 Å². The predicted octanol–water partition coefficient (Wildman–Crippen LogP) is 3.42. The molecule has 6 nitrogen and oxygen atoms in total. The Morgan fingerprint density at radius 2 is 1.75 bits per heavy atom. The van der Waals surface area contributed by atoms with Gasteiger partial charge in [0.1, 0.15) is 5.75 Å². The van der Waals surface area contributed by atoms with Gasteiger partial charge in [-0.05, 0) is 69.6 Å². The molecular weight excluding hydrogens is 354 g/mol. The van der Waals surface area contributed by atoms with Gasteiger partial charge in [-0.2, -0.15) is 0 Å². The van der Waals surface area contributed by atoms with Gasteiger partial charge in [-0.25, -0.2) is 4.79 Å². The molecule has 3 amide bonds. The molecule has 1 N–H and O–H groups in total. The zero-order chi connectivity index (χ0) is 19.5. The Balaban J connectivity index is 1.41. The molecule has 2 bridgehead atoms. The van der Waals surface area contributed by atoms with Gasteiger partial charge >= 0.3 is 6.03 Å². The Morgan fingerprint density at radius 3 is 2.43 bits per heavy atom. The van der Waals surface area contributed by atoms with E-state index in [0.29, 0.717) is 11.3 Å². The van der Waals surface area contributed by atoms with E-state index >= 15 is 0 Å². The van der Waals surface area contributed by atoms with E-state index in [1.165, 1.54) is 12.8 Å². The molecule has 3 heterocycles. The summed E-state index contributed by atoms with van der Waals surface area (Å²) in [6.45, 7) is 1.79. The van der Waals surface area contributed by atoms with Crippen molar-refractivity contribution in [3.8, 4) is 5.75 Å². The van der Waals surface area contributed by atoms with Crippen LogP contribution in [0, 0.1) is 0 Å². The van der Waals surface area contributed by atoms with Crippen LogP contribution in [0.15, 0.2) is 24.3 Å². The Labute approximate surface area is 167 Å². The first kappa shape index (κ1) is 19.1. The number of carbonyl (C=O) groups excluding carboxylic acids is 2. The molecule has 152 valence electrons. The molecule has 1 aromatic rings. The molecule has 6 heteroatoms. The van der Waals surface area contributed by atoms with Crippen molar-refractivity contribution in [1.29, 1.82) is 0 Å². The molecule has 2 atom stereocenters. The van der Waals surface area contributed by atoms with Gasteiger partial charge in [-0.1, -0.05) is 6.07 Å². The van der Waals surface area contributed by atoms with Crippen LogP contribution in [0.1, 0.15) is 61.7 Å². The summed E-state index contributed by atoms with van der Waals surface area (Å²) in [4.78, 5) is 30.0. The van der Waals surface area contributed by atoms with Gasteiger partial charge < -0.3 is 19.9 Å². The molecule has 0 radical (unpaired) electrons. The summed E-state index contributed by atoms with van der Waals surface area (Å²) in [5, 5.41) is 3.21. The standard InChI is InChI=1S/C22H31N3O3/c1-28-20-10-5-7-16(13-20)21(26)23-17-14-18-8-6-9-19(15-17)25(18)22(27)24-11-3-2-4-12-24/h5,7,10,13,17-19H,2-4,6,8-9,11-12,14-15H2,1H3,(H,23,26). The van der Waals surface area contributed by atoms with E-state index in [9.17, 15) is 9.59 Å². The highest BCUT2D eigenvalue weighted by Gasteiger charge is 2.42. The molecule has 4 rings (SSSR count). The third-order valence-corrected chi connectivity index (χ3v) is 6.49. The quantitative estimate of drug-likeness (QED) is 0.867. The number of rotatable bonds is 3. The molecule has 0 spiro atoms. The van der Waals surface area contributed by atoms with Crippen LogP contribution in [0.4, 0.5) is 4.79 Å². The number of urea groups is 1. The molecule has 3 fully saturated rings. The van der Waals surface area contributed by atoms with Crippen molar-refractivity contribution in [2.75, 3.05) is 20.2 Å². The third kappa shape index (κ3) is 3.96. The Kier molecular flexibility index (Phi) is 5.74. The molecule has 2 unspecified atom stereocenters. The number of hydrogen-bond donors (Lipinski definition) is 1. The first-order valence-corrected chi connectivity index (χ1v) is 10.7. The van der Waals surface area contributed by atoms with E-state index in [2.05, 4.69) is 10.2 Å². The fourth-order valence-electron chi connectivity index (χ4n) is 5.09. The van der Waals surface area contributed by atoms with Crippen LogP contribution in [0.5, 0.6) is 5.75 Å². The average Bonchev–Trinajstić information content (AvgIpc) is 2.73. The lowest BCUT2D eigenvalue weighted by atomic mass is 9.81. The molecule has 3 aliphatic heterocycles. The van der Waals surface area contributed by atoms with Crippen LogP contribution >= 0.6 is 0 Å². The zero-order valence-electron chi connectivity index (χ0n) is 16.7. The maximum atomic E-state index is 13.1. The summed E-state index contributed by atoms with van der Waals surface area (Å²) in [6.07, 6.45) is 8.44. The number of carbonyl (C=O) groups is 2. The largest absolute Gasteiger partial charge is 0.497 e. The maximum Gasteiger partial charge on any atom is 0.320 e. The number of ether oxygens (including phenoxy) is 1. The summed E-state index contributed by atoms with van der Waals surface area (Å²) >= 11 is 0. The minimum atomic E-state index is -0.0576. The van der Waals surface area contributed by atoms with Crippen LogP contribution in [-0.4, -0.2) is 60.1 Å². The molecule has 1 aromatic carbocycles. The lowest BCUT2D eigenvalue weighted by Crippen LogP contribution is -2.61. The van der Waals surface area contributed by atoms with Gasteiger partial charge in [0.25, 0.3) is 5.91 Å². The Bertz CT molecular complexity index is 703. The highest BCUT2D eigenvalue weighted by Crippen LogP contribution is 2.35. The summed E-state index contributed by atoms with van der Waals surface area (Å²) < 4.78 is 5.22. The van der Waals surface area contributed by atoms with Gasteiger partial charge in [0.2, 0.25) is 0 Å². The zero-order valence-corrected chi connectivity index (χ0v) is 16.7. The van der Waals surface area contributed by atoms with E-state index in [1.54, 1.807) is 13.2 Å². The van der Waals surface area contributed by atoms with Gasteiger partial charge in [0.05, 0.1) is 7.11 Å². The second-order valence-corrected chi connectivity index (χ2v) is 8.35. The van der Waals surface area contributed by atoms with E-state index in [0.717, 1.165) is 51.6 Å². The molecular formula is C22H31N3O3. The number of benzene rings is 1. The minimum absolute atomic E-state index is 0.0576. The molecule has 28 heavy (non-hydrogen) atoms. The number of fused-ring (bicyclic) bond motifs is 2. The maximum absolute atomic E-state index is 13.1. The lowest BCUT2D eigenvalue weighted by Gasteiger charge is -2.50. The number of amides is 3. The van der Waals surface area contributed by atoms with Crippen molar-refractivity contribution >= 4 is 11.9 Å². The second kappa shape index (κ2) is 8.41. The summed E-state index contributed by atoms with van der Waals surface area (Å²) in [5.74, 6) is 0.629. The average molecular weight is 386 g/mol. The molecule has 0 saturated carbocycles. The Hall–Kier alpha value is -2.24. The van der Waals surface area contributed by atoms with Gasteiger partial charge in [-0.3, -0.25) is 4.79 Å². The number of methoxy groups -OCH3 is 1. The van der Waals surface area contributed by atoms with E-state index in [1.807, 2.05) is 23.1 Å². The smallest absolute Gasteiger partial charge is 0.320 e. The SMILES string of the molecule is COc1cccc(C(=O)NC2CC3CCCC(C2)N3C(=O)N2CCCCC2)c1. The normalized spacial score (nSPS) is 27.2. The third-order valence-electron chi connectivity index (χ3n) is 6.49. The highest BCUT2D eigenvalue weighted by atomic mass is 16.5. The number of nitrogens with zero attached hydrogens (tertiary/aromatic N) is 2. The molecule has 0 aliphatic carbocycles. The molecule has 3 aliphatic rings. The lowest BCUT2D eigenvalue weighted by molar-refractivity contribution is 0.0340. The van der Waals surface area contributed by atoms with Crippen LogP contribution in [0.3, 0.4) is 0 Å². The first-order chi connectivity index (χ1) is 13.7. The van der Waals surface area contributed by atoms with Crippen molar-refractivity contribution in [3.63, 3.8) is 0 Å². The first-order valence-electron chi connectivity index (χ1n) is 10.7. The molecule has 3 saturated heterocycles. The van der Waals surface area contributed by atoms with E-state index in [4.69, 9.17) is 4.74 Å². The van der Waals surface area contributed by atoms with Crippen molar-refractivity contribution in [3.05, 3.63) is 29.8 Å². The van der Waals surface area contributed by atoms with Crippen molar-refractivity contribution in [2.45, 2.75) is 69.5 Å². The van der Waals surface area contributed by atoms with Gasteiger partial charge in [0.15, 0.2) is 0 Å². The molecule has 0 aromatic heterocycles. The van der Waals surface area contributed by atoms with Gasteiger partial charge in [0, 0.05) is 36.8 Å². The van der Waals surface area contributed by atoms with Crippen LogP contribution in [-0.2, 0) is 0 Å². The van der Waals surface area contributed by atoms with E-state index in [-0.39, 0.29) is 30.1 Å². The van der Waals surface area contributed by atoms with Crippen LogP contribution < -0.4 is 10.1 Å². The fourth-order valence-corrected chi connectivity index (χ4v) is 5.09. The predicted molar refractivity (Wildman–Crippen MR) is 108 cm³/mol. The highest BCUT2D eigenvalue weighted by molar-refractivity contribution is 5.94. The summed E-state index contributed by atoms with van der Waals surface area (Å²) in [6, 6.07) is 8.11. The summed E-state index contributed by atoms with van der Waals surface area (Å²) in [7, 11) is 1.60. The number of nitrogens with one attached hydrogen (secondary N) is 1. The van der Waals surface area contributed by atoms with E-state index < -0.39 is 0 Å². The second-order valence-electron chi connectivity index (χ2n) is 8.35. The number of likely N-dealkylation sites (tertiary alicyclic amines) is 1. The summed E-state index contributed by atoms with van der Waals surface area (Å²) in [5.41, 5.74) is 0.622. The number of piperidine rings is 3.